The molecule has 0 spiro atoms. The molecule has 2 atom stereocenters. The van der Waals surface area contributed by atoms with E-state index in [4.69, 9.17) is 5.11 Å². The van der Waals surface area contributed by atoms with Crippen LogP contribution in [-0.2, 0) is 4.79 Å². The number of carboxylic acid groups (broad SMARTS) is 1. The zero-order valence-electron chi connectivity index (χ0n) is 11.7. The van der Waals surface area contributed by atoms with E-state index < -0.39 is 11.9 Å². The fourth-order valence-corrected chi connectivity index (χ4v) is 2.46. The number of aliphatic carboxylic acids is 1. The van der Waals surface area contributed by atoms with E-state index >= 15 is 0 Å². The normalized spacial score (nSPS) is 24.2. The number of urea groups is 1. The first-order chi connectivity index (χ1) is 8.38. The molecular formula is C13H24N2O3. The molecule has 0 aromatic carbocycles. The lowest BCUT2D eigenvalue weighted by molar-refractivity contribution is -0.143. The molecule has 1 fully saturated rings. The van der Waals surface area contributed by atoms with E-state index in [0.29, 0.717) is 19.5 Å². The molecule has 0 radical (unpaired) electrons. The highest BCUT2D eigenvalue weighted by Crippen LogP contribution is 2.23. The predicted octanol–water partition coefficient (Wildman–Crippen LogP) is 2.02. The van der Waals surface area contributed by atoms with Gasteiger partial charge in [0, 0.05) is 25.2 Å². The summed E-state index contributed by atoms with van der Waals surface area (Å²) in [4.78, 5) is 27.0. The number of rotatable bonds is 3. The van der Waals surface area contributed by atoms with Gasteiger partial charge in [-0.25, -0.2) is 4.79 Å². The largest absolute Gasteiger partial charge is 0.481 e. The highest BCUT2D eigenvalue weighted by atomic mass is 16.4. The quantitative estimate of drug-likeness (QED) is 0.840. The van der Waals surface area contributed by atoms with Crippen molar-refractivity contribution in [3.05, 3.63) is 0 Å². The van der Waals surface area contributed by atoms with Crippen LogP contribution in [-0.4, -0.2) is 52.1 Å². The molecule has 104 valence electrons. The molecule has 1 aliphatic heterocycles. The zero-order chi connectivity index (χ0) is 13.9. The van der Waals surface area contributed by atoms with Crippen LogP contribution in [0.25, 0.3) is 0 Å². The first kappa shape index (κ1) is 14.8. The highest BCUT2D eigenvalue weighted by Gasteiger charge is 2.34. The SMILES string of the molecule is CCN(C(=O)N1CC(C(=O)O)CCC1C)C(C)C. The number of amides is 2. The Bertz CT molecular complexity index is 317. The minimum atomic E-state index is -0.799. The Morgan fingerprint density at radius 3 is 2.44 bits per heavy atom. The number of carboxylic acids is 1. The van der Waals surface area contributed by atoms with Gasteiger partial charge in [0.1, 0.15) is 0 Å². The fourth-order valence-electron chi connectivity index (χ4n) is 2.46. The zero-order valence-corrected chi connectivity index (χ0v) is 11.7. The lowest BCUT2D eigenvalue weighted by Crippen LogP contribution is -2.54. The Morgan fingerprint density at radius 1 is 1.39 bits per heavy atom. The van der Waals surface area contributed by atoms with Crippen LogP contribution in [0.3, 0.4) is 0 Å². The lowest BCUT2D eigenvalue weighted by atomic mass is 9.94. The first-order valence-corrected chi connectivity index (χ1v) is 6.68. The summed E-state index contributed by atoms with van der Waals surface area (Å²) in [5.74, 6) is -1.22. The maximum Gasteiger partial charge on any atom is 0.320 e. The average molecular weight is 256 g/mol. The van der Waals surface area contributed by atoms with Gasteiger partial charge in [0.05, 0.1) is 5.92 Å². The van der Waals surface area contributed by atoms with Crippen molar-refractivity contribution < 1.29 is 14.7 Å². The Hall–Kier alpha value is -1.26. The van der Waals surface area contributed by atoms with E-state index in [2.05, 4.69) is 0 Å². The molecule has 0 aliphatic carbocycles. The van der Waals surface area contributed by atoms with Crippen LogP contribution in [0.15, 0.2) is 0 Å². The average Bonchev–Trinajstić information content (AvgIpc) is 2.29. The highest BCUT2D eigenvalue weighted by molar-refractivity contribution is 5.77. The molecule has 0 bridgehead atoms. The molecule has 1 N–H and O–H groups in total. The summed E-state index contributed by atoms with van der Waals surface area (Å²) in [7, 11) is 0. The van der Waals surface area contributed by atoms with Gasteiger partial charge in [-0.15, -0.1) is 0 Å². The van der Waals surface area contributed by atoms with Gasteiger partial charge in [-0.05, 0) is 40.5 Å². The van der Waals surface area contributed by atoms with Crippen molar-refractivity contribution in [1.29, 1.82) is 0 Å². The summed E-state index contributed by atoms with van der Waals surface area (Å²) in [5, 5.41) is 9.08. The number of hydrogen-bond acceptors (Lipinski definition) is 2. The van der Waals surface area contributed by atoms with E-state index in [1.54, 1.807) is 9.80 Å². The van der Waals surface area contributed by atoms with Crippen LogP contribution >= 0.6 is 0 Å². The van der Waals surface area contributed by atoms with Crippen molar-refractivity contribution in [3.8, 4) is 0 Å². The van der Waals surface area contributed by atoms with Gasteiger partial charge in [-0.3, -0.25) is 4.79 Å². The van der Waals surface area contributed by atoms with Crippen LogP contribution in [0, 0.1) is 5.92 Å². The molecule has 18 heavy (non-hydrogen) atoms. The monoisotopic (exact) mass is 256 g/mol. The van der Waals surface area contributed by atoms with Crippen molar-refractivity contribution in [2.24, 2.45) is 5.92 Å². The number of nitrogens with zero attached hydrogens (tertiary/aromatic N) is 2. The van der Waals surface area contributed by atoms with Gasteiger partial charge in [-0.2, -0.15) is 0 Å². The van der Waals surface area contributed by atoms with Crippen LogP contribution in [0.4, 0.5) is 4.79 Å². The maximum absolute atomic E-state index is 12.4. The van der Waals surface area contributed by atoms with Crippen LogP contribution in [0.2, 0.25) is 0 Å². The van der Waals surface area contributed by atoms with E-state index in [1.165, 1.54) is 0 Å². The van der Waals surface area contributed by atoms with E-state index in [9.17, 15) is 9.59 Å². The molecule has 1 heterocycles. The third kappa shape index (κ3) is 3.15. The summed E-state index contributed by atoms with van der Waals surface area (Å²) in [6.07, 6.45) is 1.42. The van der Waals surface area contributed by atoms with Crippen molar-refractivity contribution in [2.75, 3.05) is 13.1 Å². The Balaban J connectivity index is 2.78. The van der Waals surface area contributed by atoms with E-state index in [-0.39, 0.29) is 18.1 Å². The minimum absolute atomic E-state index is 0.0362. The number of piperidine rings is 1. The maximum atomic E-state index is 12.4. The van der Waals surface area contributed by atoms with Gasteiger partial charge in [0.25, 0.3) is 0 Å². The Kier molecular flexibility index (Phi) is 4.99. The molecule has 0 saturated carbocycles. The van der Waals surface area contributed by atoms with Gasteiger partial charge in [-0.1, -0.05) is 0 Å². The van der Waals surface area contributed by atoms with Crippen molar-refractivity contribution >= 4 is 12.0 Å². The standard InChI is InChI=1S/C13H24N2O3/c1-5-14(9(2)3)13(18)15-8-11(12(16)17)7-6-10(15)4/h9-11H,5-8H2,1-4H3,(H,16,17). The van der Waals surface area contributed by atoms with Crippen molar-refractivity contribution in [3.63, 3.8) is 0 Å². The molecule has 2 amide bonds. The second-order valence-electron chi connectivity index (χ2n) is 5.28. The second kappa shape index (κ2) is 6.07. The molecule has 1 saturated heterocycles. The van der Waals surface area contributed by atoms with Gasteiger partial charge in [0.2, 0.25) is 0 Å². The minimum Gasteiger partial charge on any atom is -0.481 e. The molecule has 5 heteroatoms. The van der Waals surface area contributed by atoms with E-state index in [1.807, 2.05) is 27.7 Å². The van der Waals surface area contributed by atoms with Gasteiger partial charge >= 0.3 is 12.0 Å². The fraction of sp³-hybridized carbons (Fsp3) is 0.846. The molecule has 1 rings (SSSR count). The smallest absolute Gasteiger partial charge is 0.320 e. The van der Waals surface area contributed by atoms with Crippen LogP contribution in [0.1, 0.15) is 40.5 Å². The summed E-state index contributed by atoms with van der Waals surface area (Å²) in [5.41, 5.74) is 0. The van der Waals surface area contributed by atoms with Crippen LogP contribution < -0.4 is 0 Å². The third-order valence-corrected chi connectivity index (χ3v) is 3.69. The molecule has 0 aromatic rings. The topological polar surface area (TPSA) is 60.9 Å². The Morgan fingerprint density at radius 2 is 2.00 bits per heavy atom. The summed E-state index contributed by atoms with van der Waals surface area (Å²) in [6, 6.07) is 0.228. The summed E-state index contributed by atoms with van der Waals surface area (Å²) in [6.45, 7) is 8.87. The van der Waals surface area contributed by atoms with Crippen molar-refractivity contribution in [1.82, 2.24) is 9.80 Å². The number of carbonyl (C=O) groups is 2. The van der Waals surface area contributed by atoms with E-state index in [0.717, 1.165) is 6.42 Å². The van der Waals surface area contributed by atoms with Gasteiger partial charge in [0.15, 0.2) is 0 Å². The lowest BCUT2D eigenvalue weighted by Gasteiger charge is -2.40. The number of likely N-dealkylation sites (tertiary alicyclic amines) is 1. The van der Waals surface area contributed by atoms with Crippen LogP contribution in [0.5, 0.6) is 0 Å². The molecule has 1 aliphatic rings. The second-order valence-corrected chi connectivity index (χ2v) is 5.28. The number of carbonyl (C=O) groups excluding carboxylic acids is 1. The molecule has 2 unspecified atom stereocenters. The van der Waals surface area contributed by atoms with Crippen molar-refractivity contribution in [2.45, 2.75) is 52.6 Å². The molecule has 0 aromatic heterocycles. The predicted molar refractivity (Wildman–Crippen MR) is 69.4 cm³/mol. The molecule has 5 nitrogen and oxygen atoms in total. The third-order valence-electron chi connectivity index (χ3n) is 3.69. The summed E-state index contributed by atoms with van der Waals surface area (Å²) < 4.78 is 0. The summed E-state index contributed by atoms with van der Waals surface area (Å²) >= 11 is 0. The van der Waals surface area contributed by atoms with Gasteiger partial charge < -0.3 is 14.9 Å². The number of hydrogen-bond donors (Lipinski definition) is 1. The first-order valence-electron chi connectivity index (χ1n) is 6.68. The molecular weight excluding hydrogens is 232 g/mol. The Labute approximate surface area is 109 Å².